The van der Waals surface area contributed by atoms with Crippen molar-refractivity contribution in [2.24, 2.45) is 0 Å². The fourth-order valence-corrected chi connectivity index (χ4v) is 6.57. The predicted octanol–water partition coefficient (Wildman–Crippen LogP) is 9.22. The Morgan fingerprint density at radius 3 is 1.38 bits per heavy atom. The van der Waals surface area contributed by atoms with E-state index in [9.17, 15) is 0 Å². The first-order valence-electron chi connectivity index (χ1n) is 19.1. The van der Waals surface area contributed by atoms with E-state index in [0.717, 1.165) is 98.7 Å². The first-order chi connectivity index (χ1) is 25.7. The van der Waals surface area contributed by atoms with Gasteiger partial charge < -0.3 is 28.7 Å². The molecule has 2 fully saturated rings. The SMILES string of the molecule is CCN(CCOC1CCCCO1)c1ccc(/C=C/c2ccnc(-c3cc(/C=C/c4ccc(N(CC)CCOC5CCCCO5)cc4)ccn3)c2)cc1. The summed E-state index contributed by atoms with van der Waals surface area (Å²) in [5.74, 6) is 0. The first kappa shape index (κ1) is 37.4. The summed E-state index contributed by atoms with van der Waals surface area (Å²) in [6.45, 7) is 10.8. The molecule has 6 rings (SSSR count). The molecule has 2 saturated heterocycles. The average Bonchev–Trinajstić information content (AvgIpc) is 3.21. The Morgan fingerprint density at radius 1 is 0.577 bits per heavy atom. The van der Waals surface area contributed by atoms with Crippen LogP contribution in [-0.4, -0.2) is 75.2 Å². The zero-order chi connectivity index (χ0) is 35.8. The lowest BCUT2D eigenvalue weighted by Gasteiger charge is -2.26. The minimum absolute atomic E-state index is 0.0457. The van der Waals surface area contributed by atoms with E-state index in [-0.39, 0.29) is 12.6 Å². The Balaban J connectivity index is 1.01. The van der Waals surface area contributed by atoms with Crippen molar-refractivity contribution in [1.82, 2.24) is 9.97 Å². The molecule has 4 aromatic rings. The lowest BCUT2D eigenvalue weighted by atomic mass is 10.1. The van der Waals surface area contributed by atoms with Crippen LogP contribution in [0.5, 0.6) is 0 Å². The van der Waals surface area contributed by atoms with Crippen molar-refractivity contribution < 1.29 is 18.9 Å². The van der Waals surface area contributed by atoms with Gasteiger partial charge in [0, 0.05) is 63.2 Å². The molecular weight excluding hydrogens is 649 g/mol. The summed E-state index contributed by atoms with van der Waals surface area (Å²) >= 11 is 0. The van der Waals surface area contributed by atoms with Crippen LogP contribution in [0.4, 0.5) is 11.4 Å². The highest BCUT2D eigenvalue weighted by Crippen LogP contribution is 2.22. The molecule has 2 unspecified atom stereocenters. The van der Waals surface area contributed by atoms with Crippen LogP contribution in [0.3, 0.4) is 0 Å². The van der Waals surface area contributed by atoms with E-state index in [1.54, 1.807) is 0 Å². The molecule has 0 radical (unpaired) electrons. The molecule has 0 saturated carbocycles. The number of nitrogens with zero attached hydrogens (tertiary/aromatic N) is 4. The normalized spacial score (nSPS) is 17.9. The zero-order valence-electron chi connectivity index (χ0n) is 30.9. The van der Waals surface area contributed by atoms with Gasteiger partial charge in [-0.25, -0.2) is 0 Å². The maximum absolute atomic E-state index is 5.97. The van der Waals surface area contributed by atoms with Gasteiger partial charge in [-0.2, -0.15) is 0 Å². The predicted molar refractivity (Wildman–Crippen MR) is 213 cm³/mol. The molecule has 0 aliphatic carbocycles. The number of benzene rings is 2. The number of pyridine rings is 2. The Morgan fingerprint density at radius 2 is 1.00 bits per heavy atom. The molecule has 2 atom stereocenters. The molecule has 4 heterocycles. The van der Waals surface area contributed by atoms with E-state index >= 15 is 0 Å². The van der Waals surface area contributed by atoms with E-state index < -0.39 is 0 Å². The largest absolute Gasteiger partial charge is 0.369 e. The number of aromatic nitrogens is 2. The molecule has 2 aliphatic heterocycles. The van der Waals surface area contributed by atoms with Gasteiger partial charge in [0.2, 0.25) is 0 Å². The van der Waals surface area contributed by atoms with Crippen molar-refractivity contribution in [3.8, 4) is 11.4 Å². The molecule has 0 spiro atoms. The van der Waals surface area contributed by atoms with E-state index in [1.807, 2.05) is 24.5 Å². The second kappa shape index (κ2) is 20.0. The van der Waals surface area contributed by atoms with Gasteiger partial charge in [0.25, 0.3) is 0 Å². The summed E-state index contributed by atoms with van der Waals surface area (Å²) in [5.41, 5.74) is 8.51. The van der Waals surface area contributed by atoms with Crippen LogP contribution in [0, 0.1) is 0 Å². The molecule has 0 N–H and O–H groups in total. The number of likely N-dealkylation sites (N-methyl/N-ethyl adjacent to an activating group) is 2. The van der Waals surface area contributed by atoms with E-state index in [2.05, 4.69) is 119 Å². The fourth-order valence-electron chi connectivity index (χ4n) is 6.57. The van der Waals surface area contributed by atoms with Gasteiger partial charge in [-0.05, 0) is 123 Å². The van der Waals surface area contributed by atoms with Gasteiger partial charge in [-0.15, -0.1) is 0 Å². The van der Waals surface area contributed by atoms with Crippen LogP contribution in [0.25, 0.3) is 35.7 Å². The number of hydrogen-bond acceptors (Lipinski definition) is 8. The summed E-state index contributed by atoms with van der Waals surface area (Å²) in [5, 5.41) is 0. The second-order valence-corrected chi connectivity index (χ2v) is 13.3. The number of anilines is 2. The molecule has 8 heteroatoms. The Kier molecular flexibility index (Phi) is 14.4. The van der Waals surface area contributed by atoms with Gasteiger partial charge in [-0.3, -0.25) is 9.97 Å². The smallest absolute Gasteiger partial charge is 0.157 e. The van der Waals surface area contributed by atoms with Crippen LogP contribution < -0.4 is 9.80 Å². The quantitative estimate of drug-likeness (QED) is 0.108. The van der Waals surface area contributed by atoms with Gasteiger partial charge in [-0.1, -0.05) is 48.6 Å². The topological polar surface area (TPSA) is 69.2 Å². The van der Waals surface area contributed by atoms with Crippen molar-refractivity contribution in [3.05, 3.63) is 107 Å². The molecule has 0 amide bonds. The van der Waals surface area contributed by atoms with Crippen molar-refractivity contribution in [2.45, 2.75) is 65.0 Å². The van der Waals surface area contributed by atoms with Crippen LogP contribution in [0.2, 0.25) is 0 Å². The van der Waals surface area contributed by atoms with Crippen molar-refractivity contribution in [3.63, 3.8) is 0 Å². The molecule has 0 bridgehead atoms. The van der Waals surface area contributed by atoms with E-state index in [0.29, 0.717) is 13.2 Å². The highest BCUT2D eigenvalue weighted by molar-refractivity contribution is 5.74. The highest BCUT2D eigenvalue weighted by Gasteiger charge is 2.16. The average molecular weight is 703 g/mol. The maximum Gasteiger partial charge on any atom is 0.157 e. The van der Waals surface area contributed by atoms with E-state index in [4.69, 9.17) is 18.9 Å². The Bertz CT molecular complexity index is 1570. The third-order valence-corrected chi connectivity index (χ3v) is 9.65. The second-order valence-electron chi connectivity index (χ2n) is 13.3. The summed E-state index contributed by atoms with van der Waals surface area (Å²) in [4.78, 5) is 13.9. The van der Waals surface area contributed by atoms with Gasteiger partial charge >= 0.3 is 0 Å². The monoisotopic (exact) mass is 702 g/mol. The van der Waals surface area contributed by atoms with Crippen molar-refractivity contribution in [2.75, 3.05) is 62.4 Å². The molecular formula is C44H54N4O4. The molecule has 2 aromatic heterocycles. The first-order valence-corrected chi connectivity index (χ1v) is 19.1. The third kappa shape index (κ3) is 11.3. The van der Waals surface area contributed by atoms with Crippen LogP contribution in [0.15, 0.2) is 85.2 Å². The lowest BCUT2D eigenvalue weighted by Crippen LogP contribution is -2.30. The third-order valence-electron chi connectivity index (χ3n) is 9.65. The minimum atomic E-state index is -0.0457. The maximum atomic E-state index is 5.97. The standard InChI is InChI=1S/C44H54N4O4/c1-3-47(27-31-51-43-9-5-7-29-49-43)39-19-15-35(16-20-39)11-13-37-23-25-45-41(33-37)42-34-38(24-26-46-42)14-12-36-17-21-40(22-18-36)48(4-2)28-32-52-44-10-6-8-30-50-44/h11-26,33-34,43-44H,3-10,27-32H2,1-2H3/b13-11+,14-12+. The Hall–Kier alpha value is -4.34. The van der Waals surface area contributed by atoms with Gasteiger partial charge in [0.1, 0.15) is 0 Å². The summed E-state index contributed by atoms with van der Waals surface area (Å²) in [7, 11) is 0. The molecule has 2 aliphatic rings. The summed E-state index contributed by atoms with van der Waals surface area (Å²) in [6.07, 6.45) is 18.8. The molecule has 274 valence electrons. The van der Waals surface area contributed by atoms with Gasteiger partial charge in [0.15, 0.2) is 12.6 Å². The van der Waals surface area contributed by atoms with E-state index in [1.165, 1.54) is 24.2 Å². The van der Waals surface area contributed by atoms with Crippen LogP contribution in [-0.2, 0) is 18.9 Å². The number of rotatable bonds is 17. The van der Waals surface area contributed by atoms with Crippen LogP contribution in [0.1, 0.15) is 74.6 Å². The fraction of sp³-hybridized carbons (Fsp3) is 0.409. The number of hydrogen-bond donors (Lipinski definition) is 0. The molecule has 2 aromatic carbocycles. The van der Waals surface area contributed by atoms with Crippen molar-refractivity contribution in [1.29, 1.82) is 0 Å². The van der Waals surface area contributed by atoms with Crippen LogP contribution >= 0.6 is 0 Å². The van der Waals surface area contributed by atoms with Crippen molar-refractivity contribution >= 4 is 35.7 Å². The summed E-state index contributed by atoms with van der Waals surface area (Å²) in [6, 6.07) is 25.6. The summed E-state index contributed by atoms with van der Waals surface area (Å²) < 4.78 is 23.3. The number of ether oxygens (including phenoxy) is 4. The highest BCUT2D eigenvalue weighted by atomic mass is 16.7. The van der Waals surface area contributed by atoms with Gasteiger partial charge in [0.05, 0.1) is 24.6 Å². The zero-order valence-corrected chi connectivity index (χ0v) is 30.9. The molecule has 8 nitrogen and oxygen atoms in total. The minimum Gasteiger partial charge on any atom is -0.369 e. The Labute approximate surface area is 310 Å². The molecule has 52 heavy (non-hydrogen) atoms. The lowest BCUT2D eigenvalue weighted by molar-refractivity contribution is -0.160.